The van der Waals surface area contributed by atoms with Crippen molar-refractivity contribution >= 4 is 27.2 Å². The molecular formula is C18H15N3O2S. The van der Waals surface area contributed by atoms with Crippen LogP contribution in [0.3, 0.4) is 0 Å². The molecule has 24 heavy (non-hydrogen) atoms. The first-order valence-corrected chi connectivity index (χ1v) is 8.45. The highest BCUT2D eigenvalue weighted by molar-refractivity contribution is 7.16. The molecule has 0 fully saturated rings. The molecule has 0 unspecified atom stereocenters. The summed E-state index contributed by atoms with van der Waals surface area (Å²) in [7, 11) is 0. The third-order valence-electron chi connectivity index (χ3n) is 3.80. The summed E-state index contributed by atoms with van der Waals surface area (Å²) in [5, 5.41) is 5.70. The van der Waals surface area contributed by atoms with E-state index in [9.17, 15) is 4.79 Å². The fourth-order valence-corrected chi connectivity index (χ4v) is 3.38. The van der Waals surface area contributed by atoms with E-state index in [1.165, 1.54) is 21.4 Å². The van der Waals surface area contributed by atoms with E-state index in [1.807, 2.05) is 56.3 Å². The molecule has 6 heteroatoms. The highest BCUT2D eigenvalue weighted by atomic mass is 32.1. The van der Waals surface area contributed by atoms with Gasteiger partial charge in [0, 0.05) is 0 Å². The molecule has 0 aliphatic rings. The topological polar surface area (TPSA) is 56.5 Å². The molecule has 2 aromatic carbocycles. The fraction of sp³-hybridized carbons (Fsp3) is 0.167. The van der Waals surface area contributed by atoms with Gasteiger partial charge in [0.1, 0.15) is 11.9 Å². The molecule has 0 radical (unpaired) electrons. The molecule has 2 aromatic heterocycles. The van der Waals surface area contributed by atoms with Crippen molar-refractivity contribution in [3.63, 3.8) is 0 Å². The second kappa shape index (κ2) is 5.72. The number of para-hydroxylation sites is 1. The zero-order chi connectivity index (χ0) is 16.7. The molecule has 4 rings (SSSR count). The Labute approximate surface area is 142 Å². The van der Waals surface area contributed by atoms with Crippen molar-refractivity contribution in [1.82, 2.24) is 14.6 Å². The van der Waals surface area contributed by atoms with E-state index in [0.29, 0.717) is 15.9 Å². The molecule has 120 valence electrons. The van der Waals surface area contributed by atoms with Crippen molar-refractivity contribution < 1.29 is 4.74 Å². The average Bonchev–Trinajstić information content (AvgIpc) is 3.02. The van der Waals surface area contributed by atoms with Crippen LogP contribution in [0.2, 0.25) is 0 Å². The van der Waals surface area contributed by atoms with E-state index < -0.39 is 0 Å². The maximum Gasteiger partial charge on any atom is 0.283 e. The van der Waals surface area contributed by atoms with Gasteiger partial charge in [0.15, 0.2) is 5.01 Å². The fourth-order valence-electron chi connectivity index (χ4n) is 2.51. The molecule has 0 saturated carbocycles. The van der Waals surface area contributed by atoms with Crippen LogP contribution in [-0.2, 0) is 0 Å². The number of nitrogens with zero attached hydrogens (tertiary/aromatic N) is 3. The van der Waals surface area contributed by atoms with E-state index in [0.717, 1.165) is 10.8 Å². The zero-order valence-corrected chi connectivity index (χ0v) is 14.1. The van der Waals surface area contributed by atoms with Gasteiger partial charge in [-0.05, 0) is 38.1 Å². The maximum atomic E-state index is 12.5. The highest BCUT2D eigenvalue weighted by Gasteiger charge is 2.16. The summed E-state index contributed by atoms with van der Waals surface area (Å²) >= 11 is 1.37. The normalized spacial score (nSPS) is 12.6. The van der Waals surface area contributed by atoms with Crippen LogP contribution in [0.25, 0.3) is 15.9 Å². The van der Waals surface area contributed by atoms with Gasteiger partial charge in [-0.2, -0.15) is 9.61 Å². The summed E-state index contributed by atoms with van der Waals surface area (Å²) in [4.78, 5) is 17.6. The summed E-state index contributed by atoms with van der Waals surface area (Å²) in [6.07, 6.45) is -0.262. The third kappa shape index (κ3) is 2.55. The van der Waals surface area contributed by atoms with Gasteiger partial charge < -0.3 is 4.74 Å². The number of hydrogen-bond acceptors (Lipinski definition) is 5. The largest absolute Gasteiger partial charge is 0.483 e. The first-order chi connectivity index (χ1) is 11.6. The number of hydrogen-bond donors (Lipinski definition) is 0. The van der Waals surface area contributed by atoms with Gasteiger partial charge in [-0.1, -0.05) is 41.2 Å². The Balaban J connectivity index is 1.74. The minimum Gasteiger partial charge on any atom is -0.483 e. The Bertz CT molecular complexity index is 1080. The van der Waals surface area contributed by atoms with Crippen LogP contribution < -0.4 is 10.3 Å². The summed E-state index contributed by atoms with van der Waals surface area (Å²) in [6, 6.07) is 15.2. The SMILES string of the molecule is Cc1ccc(O[C@H](C)c2nn3c(=O)c4ccccc4nc3s2)cc1. The smallest absolute Gasteiger partial charge is 0.283 e. The van der Waals surface area contributed by atoms with Crippen molar-refractivity contribution in [1.29, 1.82) is 0 Å². The zero-order valence-electron chi connectivity index (χ0n) is 13.3. The second-order valence-corrected chi connectivity index (χ2v) is 6.63. The van der Waals surface area contributed by atoms with Crippen molar-refractivity contribution in [3.05, 3.63) is 69.5 Å². The van der Waals surface area contributed by atoms with E-state index >= 15 is 0 Å². The molecule has 0 N–H and O–H groups in total. The van der Waals surface area contributed by atoms with E-state index in [-0.39, 0.29) is 11.7 Å². The van der Waals surface area contributed by atoms with Crippen LogP contribution in [0.5, 0.6) is 5.75 Å². The number of aromatic nitrogens is 3. The molecule has 5 nitrogen and oxygen atoms in total. The van der Waals surface area contributed by atoms with E-state index in [2.05, 4.69) is 10.1 Å². The molecule has 2 heterocycles. The standard InChI is InChI=1S/C18H15N3O2S/c1-11-7-9-13(10-8-11)23-12(2)16-20-21-17(22)14-5-3-4-6-15(14)19-18(21)24-16/h3-10,12H,1-2H3/t12-/m1/s1. The van der Waals surface area contributed by atoms with Crippen LogP contribution in [0, 0.1) is 6.92 Å². The Morgan fingerprint density at radius 3 is 2.67 bits per heavy atom. The van der Waals surface area contributed by atoms with Gasteiger partial charge in [0.2, 0.25) is 4.96 Å². The Kier molecular flexibility index (Phi) is 3.54. The molecule has 0 saturated heterocycles. The Hall–Kier alpha value is -2.73. The average molecular weight is 337 g/mol. The molecular weight excluding hydrogens is 322 g/mol. The summed E-state index contributed by atoms with van der Waals surface area (Å²) < 4.78 is 7.29. The van der Waals surface area contributed by atoms with Crippen molar-refractivity contribution in [3.8, 4) is 5.75 Å². The molecule has 0 aliphatic carbocycles. The van der Waals surface area contributed by atoms with Gasteiger partial charge in [0.25, 0.3) is 5.56 Å². The number of rotatable bonds is 3. The summed E-state index contributed by atoms with van der Waals surface area (Å²) in [5.74, 6) is 0.776. The lowest BCUT2D eigenvalue weighted by Crippen LogP contribution is -2.15. The molecule has 4 aromatic rings. The lowest BCUT2D eigenvalue weighted by molar-refractivity contribution is 0.225. The predicted octanol–water partition coefficient (Wildman–Crippen LogP) is 3.75. The summed E-state index contributed by atoms with van der Waals surface area (Å²) in [6.45, 7) is 3.95. The van der Waals surface area contributed by atoms with Gasteiger partial charge in [-0.15, -0.1) is 0 Å². The molecule has 0 amide bonds. The molecule has 0 spiro atoms. The first kappa shape index (κ1) is 14.8. The van der Waals surface area contributed by atoms with Crippen LogP contribution in [-0.4, -0.2) is 14.6 Å². The van der Waals surface area contributed by atoms with Crippen molar-refractivity contribution in [2.75, 3.05) is 0 Å². The molecule has 0 aliphatic heterocycles. The minimum absolute atomic E-state index is 0.152. The monoisotopic (exact) mass is 337 g/mol. The third-order valence-corrected chi connectivity index (χ3v) is 4.87. The molecule has 0 bridgehead atoms. The minimum atomic E-state index is -0.262. The lowest BCUT2D eigenvalue weighted by Gasteiger charge is -2.11. The lowest BCUT2D eigenvalue weighted by atomic mass is 10.2. The Morgan fingerprint density at radius 1 is 1.12 bits per heavy atom. The second-order valence-electron chi connectivity index (χ2n) is 5.64. The van der Waals surface area contributed by atoms with E-state index in [4.69, 9.17) is 4.74 Å². The van der Waals surface area contributed by atoms with Crippen molar-refractivity contribution in [2.24, 2.45) is 0 Å². The maximum absolute atomic E-state index is 12.5. The van der Waals surface area contributed by atoms with Crippen LogP contribution in [0.4, 0.5) is 0 Å². The van der Waals surface area contributed by atoms with Crippen LogP contribution >= 0.6 is 11.3 Å². The van der Waals surface area contributed by atoms with Crippen molar-refractivity contribution in [2.45, 2.75) is 20.0 Å². The Morgan fingerprint density at radius 2 is 1.88 bits per heavy atom. The highest BCUT2D eigenvalue weighted by Crippen LogP contribution is 2.25. The first-order valence-electron chi connectivity index (χ1n) is 7.63. The van der Waals surface area contributed by atoms with Crippen LogP contribution in [0.15, 0.2) is 53.3 Å². The number of ether oxygens (including phenoxy) is 1. The number of benzene rings is 2. The number of fused-ring (bicyclic) bond motifs is 2. The van der Waals surface area contributed by atoms with Crippen LogP contribution in [0.1, 0.15) is 23.6 Å². The summed E-state index contributed by atoms with van der Waals surface area (Å²) in [5.41, 5.74) is 1.71. The van der Waals surface area contributed by atoms with Gasteiger partial charge in [0.05, 0.1) is 10.9 Å². The van der Waals surface area contributed by atoms with Gasteiger partial charge in [-0.3, -0.25) is 4.79 Å². The number of aryl methyl sites for hydroxylation is 1. The molecule has 1 atom stereocenters. The van der Waals surface area contributed by atoms with E-state index in [1.54, 1.807) is 6.07 Å². The van der Waals surface area contributed by atoms with Gasteiger partial charge in [-0.25, -0.2) is 4.98 Å². The quantitative estimate of drug-likeness (QED) is 0.571. The van der Waals surface area contributed by atoms with Gasteiger partial charge >= 0.3 is 0 Å². The predicted molar refractivity (Wildman–Crippen MR) is 94.9 cm³/mol.